The van der Waals surface area contributed by atoms with Crippen LogP contribution in [0.25, 0.3) is 0 Å². The molecule has 0 aliphatic carbocycles. The molecule has 0 spiro atoms. The van der Waals surface area contributed by atoms with E-state index >= 15 is 0 Å². The Bertz CT molecular complexity index is 515. The van der Waals surface area contributed by atoms with E-state index in [9.17, 15) is 4.79 Å². The number of amides is 1. The molecular weight excluding hydrogens is 316 g/mol. The lowest BCUT2D eigenvalue weighted by Crippen LogP contribution is -2.43. The zero-order valence-electron chi connectivity index (χ0n) is 12.4. The van der Waals surface area contributed by atoms with Gasteiger partial charge >= 0.3 is 0 Å². The van der Waals surface area contributed by atoms with Gasteiger partial charge in [-0.25, -0.2) is 0 Å². The summed E-state index contributed by atoms with van der Waals surface area (Å²) in [7, 11) is 0. The first-order chi connectivity index (χ1) is 9.28. The van der Waals surface area contributed by atoms with Gasteiger partial charge in [-0.15, -0.1) is 0 Å². The van der Waals surface area contributed by atoms with Crippen molar-refractivity contribution in [3.8, 4) is 0 Å². The Morgan fingerprint density at radius 1 is 1.50 bits per heavy atom. The molecule has 3 nitrogen and oxygen atoms in total. The van der Waals surface area contributed by atoms with E-state index in [-0.39, 0.29) is 11.3 Å². The second-order valence-electron chi connectivity index (χ2n) is 6.63. The van der Waals surface area contributed by atoms with E-state index in [1.807, 2.05) is 43.0 Å². The van der Waals surface area contributed by atoms with Gasteiger partial charge in [0.2, 0.25) is 5.91 Å². The Morgan fingerprint density at radius 3 is 2.75 bits per heavy atom. The van der Waals surface area contributed by atoms with Crippen LogP contribution >= 0.6 is 15.9 Å². The highest BCUT2D eigenvalue weighted by Crippen LogP contribution is 2.34. The van der Waals surface area contributed by atoms with Crippen molar-refractivity contribution in [2.24, 2.45) is 11.1 Å². The van der Waals surface area contributed by atoms with Gasteiger partial charge in [-0.1, -0.05) is 35.0 Å². The number of likely N-dealkylation sites (tertiary alicyclic amines) is 1. The number of carbonyl (C=O) groups is 1. The van der Waals surface area contributed by atoms with Gasteiger partial charge in [0.15, 0.2) is 0 Å². The molecule has 0 bridgehead atoms. The second kappa shape index (κ2) is 5.49. The lowest BCUT2D eigenvalue weighted by Gasteiger charge is -2.31. The number of nitrogens with zero attached hydrogens (tertiary/aromatic N) is 1. The largest absolute Gasteiger partial charge is 0.341 e. The SMILES string of the molecule is CC1(CN)CCN(C(=O)C(C)(C)c2cccc(Br)c2)C1. The van der Waals surface area contributed by atoms with E-state index in [0.29, 0.717) is 6.54 Å². The predicted molar refractivity (Wildman–Crippen MR) is 85.5 cm³/mol. The number of hydrogen-bond donors (Lipinski definition) is 1. The number of carbonyl (C=O) groups excluding carboxylic acids is 1. The van der Waals surface area contributed by atoms with Gasteiger partial charge in [0, 0.05) is 17.6 Å². The van der Waals surface area contributed by atoms with E-state index < -0.39 is 5.41 Å². The molecule has 4 heteroatoms. The van der Waals surface area contributed by atoms with Crippen molar-refractivity contribution in [1.29, 1.82) is 0 Å². The van der Waals surface area contributed by atoms with Gasteiger partial charge in [0.1, 0.15) is 0 Å². The van der Waals surface area contributed by atoms with Crippen LogP contribution in [-0.4, -0.2) is 30.4 Å². The normalized spacial score (nSPS) is 23.1. The summed E-state index contributed by atoms with van der Waals surface area (Å²) in [5.74, 6) is 0.188. The minimum absolute atomic E-state index is 0.0724. The lowest BCUT2D eigenvalue weighted by molar-refractivity contribution is -0.135. The molecule has 1 fully saturated rings. The zero-order chi connectivity index (χ0) is 15.0. The van der Waals surface area contributed by atoms with E-state index in [1.165, 1.54) is 0 Å². The summed E-state index contributed by atoms with van der Waals surface area (Å²) in [6, 6.07) is 7.99. The van der Waals surface area contributed by atoms with Crippen molar-refractivity contribution in [3.63, 3.8) is 0 Å². The highest BCUT2D eigenvalue weighted by molar-refractivity contribution is 9.10. The molecule has 1 aliphatic heterocycles. The quantitative estimate of drug-likeness (QED) is 0.920. The standard InChI is InChI=1S/C16H23BrN2O/c1-15(2,12-5-4-6-13(17)9-12)14(20)19-8-7-16(3,10-18)11-19/h4-6,9H,7-8,10-11,18H2,1-3H3. The molecule has 20 heavy (non-hydrogen) atoms. The van der Waals surface area contributed by atoms with Crippen LogP contribution in [0, 0.1) is 5.41 Å². The fraction of sp³-hybridized carbons (Fsp3) is 0.562. The highest BCUT2D eigenvalue weighted by Gasteiger charge is 2.40. The molecule has 110 valence electrons. The van der Waals surface area contributed by atoms with Crippen LogP contribution < -0.4 is 5.73 Å². The van der Waals surface area contributed by atoms with Gasteiger partial charge in [-0.05, 0) is 49.9 Å². The molecule has 1 heterocycles. The van der Waals surface area contributed by atoms with Crippen LogP contribution in [-0.2, 0) is 10.2 Å². The van der Waals surface area contributed by atoms with Crippen LogP contribution in [0.5, 0.6) is 0 Å². The number of rotatable bonds is 3. The van der Waals surface area contributed by atoms with E-state index in [4.69, 9.17) is 5.73 Å². The molecule has 1 aromatic carbocycles. The number of hydrogen-bond acceptors (Lipinski definition) is 2. The molecule has 0 radical (unpaired) electrons. The Labute approximate surface area is 129 Å². The van der Waals surface area contributed by atoms with Crippen molar-refractivity contribution in [2.45, 2.75) is 32.6 Å². The summed E-state index contributed by atoms with van der Waals surface area (Å²) in [4.78, 5) is 14.8. The van der Waals surface area contributed by atoms with Crippen molar-refractivity contribution in [2.75, 3.05) is 19.6 Å². The van der Waals surface area contributed by atoms with Gasteiger partial charge in [-0.2, -0.15) is 0 Å². The van der Waals surface area contributed by atoms with E-state index in [2.05, 4.69) is 22.9 Å². The maximum absolute atomic E-state index is 12.9. The number of benzene rings is 1. The summed E-state index contributed by atoms with van der Waals surface area (Å²) in [6.07, 6.45) is 0.990. The third-order valence-electron chi connectivity index (χ3n) is 4.42. The first-order valence-corrected chi connectivity index (χ1v) is 7.83. The van der Waals surface area contributed by atoms with Crippen molar-refractivity contribution in [3.05, 3.63) is 34.3 Å². The molecular formula is C16H23BrN2O. The lowest BCUT2D eigenvalue weighted by atomic mass is 9.83. The molecule has 1 aliphatic rings. The molecule has 1 saturated heterocycles. The third kappa shape index (κ3) is 2.91. The molecule has 2 rings (SSSR count). The van der Waals surface area contributed by atoms with Gasteiger partial charge < -0.3 is 10.6 Å². The third-order valence-corrected chi connectivity index (χ3v) is 4.91. The minimum Gasteiger partial charge on any atom is -0.341 e. The van der Waals surface area contributed by atoms with Crippen LogP contribution in [0.15, 0.2) is 28.7 Å². The fourth-order valence-corrected chi connectivity index (χ4v) is 3.16. The minimum atomic E-state index is -0.510. The molecule has 1 unspecified atom stereocenters. The van der Waals surface area contributed by atoms with Crippen LogP contribution in [0.1, 0.15) is 32.8 Å². The first kappa shape index (κ1) is 15.5. The molecule has 1 aromatic rings. The van der Waals surface area contributed by atoms with E-state index in [1.54, 1.807) is 0 Å². The maximum atomic E-state index is 12.9. The van der Waals surface area contributed by atoms with Gasteiger partial charge in [0.25, 0.3) is 0 Å². The predicted octanol–water partition coefficient (Wildman–Crippen LogP) is 2.92. The van der Waals surface area contributed by atoms with Gasteiger partial charge in [0.05, 0.1) is 5.41 Å². The highest BCUT2D eigenvalue weighted by atomic mass is 79.9. The molecule has 1 amide bonds. The number of nitrogens with two attached hydrogens (primary N) is 1. The Hall–Kier alpha value is -0.870. The summed E-state index contributed by atoms with van der Waals surface area (Å²) in [5, 5.41) is 0. The van der Waals surface area contributed by atoms with E-state index in [0.717, 1.165) is 29.5 Å². The van der Waals surface area contributed by atoms with Crippen molar-refractivity contribution in [1.82, 2.24) is 4.90 Å². The number of halogens is 1. The van der Waals surface area contributed by atoms with Gasteiger partial charge in [-0.3, -0.25) is 4.79 Å². The summed E-state index contributed by atoms with van der Waals surface area (Å²) in [6.45, 7) is 8.36. The molecule has 0 aromatic heterocycles. The average molecular weight is 339 g/mol. The maximum Gasteiger partial charge on any atom is 0.232 e. The Balaban J connectivity index is 2.20. The van der Waals surface area contributed by atoms with Crippen LogP contribution in [0.2, 0.25) is 0 Å². The topological polar surface area (TPSA) is 46.3 Å². The molecule has 0 saturated carbocycles. The summed E-state index contributed by atoms with van der Waals surface area (Å²) >= 11 is 3.48. The monoisotopic (exact) mass is 338 g/mol. The Kier molecular flexibility index (Phi) is 4.26. The molecule has 1 atom stereocenters. The van der Waals surface area contributed by atoms with Crippen molar-refractivity contribution < 1.29 is 4.79 Å². The smallest absolute Gasteiger partial charge is 0.232 e. The average Bonchev–Trinajstić information content (AvgIpc) is 2.81. The fourth-order valence-electron chi connectivity index (χ4n) is 2.76. The molecule has 2 N–H and O–H groups in total. The summed E-state index contributed by atoms with van der Waals surface area (Å²) in [5.41, 5.74) is 6.43. The second-order valence-corrected chi connectivity index (χ2v) is 7.54. The summed E-state index contributed by atoms with van der Waals surface area (Å²) < 4.78 is 1.00. The van der Waals surface area contributed by atoms with Crippen molar-refractivity contribution >= 4 is 21.8 Å². The van der Waals surface area contributed by atoms with Crippen LogP contribution in [0.3, 0.4) is 0 Å². The Morgan fingerprint density at radius 2 is 2.20 bits per heavy atom. The first-order valence-electron chi connectivity index (χ1n) is 7.04. The van der Waals surface area contributed by atoms with Crippen LogP contribution in [0.4, 0.5) is 0 Å². The zero-order valence-corrected chi connectivity index (χ0v) is 14.0.